The summed E-state index contributed by atoms with van der Waals surface area (Å²) in [5.74, 6) is -0.0219. The van der Waals surface area contributed by atoms with Gasteiger partial charge in [0.15, 0.2) is 5.78 Å². The normalized spacial score (nSPS) is 10.7. The molecule has 1 heterocycles. The molecule has 0 N–H and O–H groups in total. The Kier molecular flexibility index (Phi) is 4.15. The van der Waals surface area contributed by atoms with E-state index in [1.165, 1.54) is 0 Å². The van der Waals surface area contributed by atoms with Crippen LogP contribution in [-0.4, -0.2) is 20.8 Å². The molecule has 4 heteroatoms. The lowest BCUT2D eigenvalue weighted by Gasteiger charge is -2.06. The molecule has 0 radical (unpaired) electrons. The van der Waals surface area contributed by atoms with Gasteiger partial charge in [0.2, 0.25) is 0 Å². The number of nitrogens with zero attached hydrogens (tertiary/aromatic N) is 3. The first-order chi connectivity index (χ1) is 12.7. The first kappa shape index (κ1) is 16.0. The van der Waals surface area contributed by atoms with Gasteiger partial charge in [-0.25, -0.2) is 4.68 Å². The van der Waals surface area contributed by atoms with E-state index in [1.807, 2.05) is 92.0 Å². The van der Waals surface area contributed by atoms with Gasteiger partial charge in [-0.05, 0) is 24.6 Å². The van der Waals surface area contributed by atoms with Gasteiger partial charge in [-0.3, -0.25) is 4.79 Å². The van der Waals surface area contributed by atoms with Gasteiger partial charge >= 0.3 is 0 Å². The summed E-state index contributed by atoms with van der Waals surface area (Å²) < 4.78 is 1.73. The molecule has 0 unspecified atom stereocenters. The molecular weight excluding hydrogens is 322 g/mol. The molecule has 0 bridgehead atoms. The molecule has 126 valence electrons. The van der Waals surface area contributed by atoms with Crippen LogP contribution in [0.3, 0.4) is 0 Å². The molecule has 4 aromatic rings. The van der Waals surface area contributed by atoms with Crippen LogP contribution in [0.1, 0.15) is 21.5 Å². The van der Waals surface area contributed by atoms with Gasteiger partial charge in [-0.15, -0.1) is 5.10 Å². The summed E-state index contributed by atoms with van der Waals surface area (Å²) in [5.41, 5.74) is 4.82. The lowest BCUT2D eigenvalue weighted by molar-refractivity contribution is 0.103. The molecule has 26 heavy (non-hydrogen) atoms. The van der Waals surface area contributed by atoms with Gasteiger partial charge < -0.3 is 0 Å². The fourth-order valence-electron chi connectivity index (χ4n) is 2.93. The number of ketones is 1. The zero-order chi connectivity index (χ0) is 17.9. The Labute approximate surface area is 151 Å². The predicted molar refractivity (Wildman–Crippen MR) is 101 cm³/mol. The maximum atomic E-state index is 12.9. The SMILES string of the molecule is Cc1cccc(-n2cc(-c3ccccc3C(=O)c3ccccc3)nn2)c1. The fourth-order valence-corrected chi connectivity index (χ4v) is 2.93. The second-order valence-corrected chi connectivity index (χ2v) is 6.13. The first-order valence-electron chi connectivity index (χ1n) is 8.41. The summed E-state index contributed by atoms with van der Waals surface area (Å²) >= 11 is 0. The molecule has 0 aliphatic rings. The number of rotatable bonds is 4. The Morgan fingerprint density at radius 2 is 1.65 bits per heavy atom. The number of hydrogen-bond donors (Lipinski definition) is 0. The Hall–Kier alpha value is -3.53. The van der Waals surface area contributed by atoms with Crippen molar-refractivity contribution in [2.24, 2.45) is 0 Å². The minimum atomic E-state index is -0.0219. The van der Waals surface area contributed by atoms with E-state index in [0.717, 1.165) is 16.8 Å². The van der Waals surface area contributed by atoms with Crippen LogP contribution >= 0.6 is 0 Å². The third-order valence-corrected chi connectivity index (χ3v) is 4.24. The molecular formula is C22H17N3O. The standard InChI is InChI=1S/C22H17N3O/c1-16-8-7-11-18(14-16)25-15-21(23-24-25)19-12-5-6-13-20(19)22(26)17-9-3-2-4-10-17/h2-15H,1H3. The predicted octanol–water partition coefficient (Wildman–Crippen LogP) is 4.47. The van der Waals surface area contributed by atoms with Crippen LogP contribution in [-0.2, 0) is 0 Å². The highest BCUT2D eigenvalue weighted by Crippen LogP contribution is 2.24. The summed E-state index contributed by atoms with van der Waals surface area (Å²) in [6.45, 7) is 2.04. The molecule has 0 amide bonds. The fraction of sp³-hybridized carbons (Fsp3) is 0.0455. The highest BCUT2D eigenvalue weighted by atomic mass is 16.1. The summed E-state index contributed by atoms with van der Waals surface area (Å²) in [6.07, 6.45) is 1.85. The van der Waals surface area contributed by atoms with Gasteiger partial charge in [-0.1, -0.05) is 71.9 Å². The average Bonchev–Trinajstić information content (AvgIpc) is 3.18. The van der Waals surface area contributed by atoms with Crippen molar-refractivity contribution < 1.29 is 4.79 Å². The molecule has 3 aromatic carbocycles. The van der Waals surface area contributed by atoms with Crippen molar-refractivity contribution in [2.45, 2.75) is 6.92 Å². The van der Waals surface area contributed by atoms with Crippen LogP contribution in [0.25, 0.3) is 16.9 Å². The molecule has 0 aliphatic carbocycles. The number of aromatic nitrogens is 3. The lowest BCUT2D eigenvalue weighted by Crippen LogP contribution is -2.03. The first-order valence-corrected chi connectivity index (χ1v) is 8.41. The van der Waals surface area contributed by atoms with Crippen molar-refractivity contribution >= 4 is 5.78 Å². The van der Waals surface area contributed by atoms with Crippen LogP contribution in [0.5, 0.6) is 0 Å². The molecule has 0 spiro atoms. The summed E-state index contributed by atoms with van der Waals surface area (Å²) in [4.78, 5) is 12.9. The largest absolute Gasteiger partial charge is 0.289 e. The number of carbonyl (C=O) groups is 1. The van der Waals surface area contributed by atoms with E-state index in [4.69, 9.17) is 0 Å². The van der Waals surface area contributed by atoms with E-state index in [0.29, 0.717) is 16.8 Å². The molecule has 0 atom stereocenters. The molecule has 0 saturated heterocycles. The van der Waals surface area contributed by atoms with Crippen molar-refractivity contribution in [2.75, 3.05) is 0 Å². The number of aryl methyl sites for hydroxylation is 1. The molecule has 0 aliphatic heterocycles. The van der Waals surface area contributed by atoms with Gasteiger partial charge in [0.1, 0.15) is 5.69 Å². The summed E-state index contributed by atoms with van der Waals surface area (Å²) in [5, 5.41) is 8.52. The van der Waals surface area contributed by atoms with Crippen LogP contribution in [0.15, 0.2) is 85.1 Å². The lowest BCUT2D eigenvalue weighted by atomic mass is 9.97. The highest BCUT2D eigenvalue weighted by molar-refractivity contribution is 6.12. The minimum absolute atomic E-state index is 0.0219. The Morgan fingerprint density at radius 3 is 2.46 bits per heavy atom. The zero-order valence-electron chi connectivity index (χ0n) is 14.3. The smallest absolute Gasteiger partial charge is 0.193 e. The summed E-state index contributed by atoms with van der Waals surface area (Å²) in [7, 11) is 0. The number of benzene rings is 3. The van der Waals surface area contributed by atoms with E-state index >= 15 is 0 Å². The van der Waals surface area contributed by atoms with Gasteiger partial charge in [-0.2, -0.15) is 0 Å². The monoisotopic (exact) mass is 339 g/mol. The molecule has 0 saturated carbocycles. The maximum absolute atomic E-state index is 12.9. The van der Waals surface area contributed by atoms with E-state index < -0.39 is 0 Å². The molecule has 0 fully saturated rings. The van der Waals surface area contributed by atoms with Gasteiger partial charge in [0, 0.05) is 16.7 Å². The highest BCUT2D eigenvalue weighted by Gasteiger charge is 2.16. The minimum Gasteiger partial charge on any atom is -0.289 e. The van der Waals surface area contributed by atoms with Crippen LogP contribution in [0.2, 0.25) is 0 Å². The van der Waals surface area contributed by atoms with Crippen LogP contribution in [0, 0.1) is 6.92 Å². The number of carbonyl (C=O) groups excluding carboxylic acids is 1. The Balaban J connectivity index is 1.75. The molecule has 1 aromatic heterocycles. The van der Waals surface area contributed by atoms with Crippen molar-refractivity contribution in [1.29, 1.82) is 0 Å². The van der Waals surface area contributed by atoms with Crippen molar-refractivity contribution in [1.82, 2.24) is 15.0 Å². The van der Waals surface area contributed by atoms with Gasteiger partial charge in [0.25, 0.3) is 0 Å². The molecule has 4 nitrogen and oxygen atoms in total. The number of hydrogen-bond acceptors (Lipinski definition) is 3. The van der Waals surface area contributed by atoms with Gasteiger partial charge in [0.05, 0.1) is 11.9 Å². The van der Waals surface area contributed by atoms with E-state index in [-0.39, 0.29) is 5.78 Å². The van der Waals surface area contributed by atoms with Crippen molar-refractivity contribution in [3.8, 4) is 16.9 Å². The van der Waals surface area contributed by atoms with Crippen molar-refractivity contribution in [3.05, 3.63) is 102 Å². The van der Waals surface area contributed by atoms with Crippen molar-refractivity contribution in [3.63, 3.8) is 0 Å². The van der Waals surface area contributed by atoms with E-state index in [9.17, 15) is 4.79 Å². The zero-order valence-corrected chi connectivity index (χ0v) is 14.3. The topological polar surface area (TPSA) is 47.8 Å². The maximum Gasteiger partial charge on any atom is 0.193 e. The van der Waals surface area contributed by atoms with Crippen LogP contribution in [0.4, 0.5) is 0 Å². The summed E-state index contributed by atoms with van der Waals surface area (Å²) in [6, 6.07) is 24.8. The quantitative estimate of drug-likeness (QED) is 0.515. The second kappa shape index (κ2) is 6.76. The third kappa shape index (κ3) is 3.05. The van der Waals surface area contributed by atoms with Crippen LogP contribution < -0.4 is 0 Å². The molecule has 4 rings (SSSR count). The Morgan fingerprint density at radius 1 is 0.885 bits per heavy atom. The Bertz CT molecular complexity index is 1070. The second-order valence-electron chi connectivity index (χ2n) is 6.13. The van der Waals surface area contributed by atoms with E-state index in [2.05, 4.69) is 10.3 Å². The average molecular weight is 339 g/mol. The van der Waals surface area contributed by atoms with E-state index in [1.54, 1.807) is 4.68 Å². The third-order valence-electron chi connectivity index (χ3n) is 4.24.